The molecule has 5 heteroatoms. The number of rotatable bonds is 3. The lowest BCUT2D eigenvalue weighted by Gasteiger charge is -2.35. The topological polar surface area (TPSA) is 38.1 Å². The Labute approximate surface area is 145 Å². The van der Waals surface area contributed by atoms with Gasteiger partial charge in [0.1, 0.15) is 5.82 Å². The van der Waals surface area contributed by atoms with Crippen molar-refractivity contribution in [3.8, 4) is 0 Å². The molecule has 1 fully saturated rings. The number of nitrogens with zero attached hydrogens (tertiary/aromatic N) is 3. The number of hydrogen-bond donors (Lipinski definition) is 0. The van der Waals surface area contributed by atoms with Crippen molar-refractivity contribution in [1.82, 2.24) is 14.5 Å². The van der Waals surface area contributed by atoms with Gasteiger partial charge in [-0.25, -0.2) is 4.98 Å². The summed E-state index contributed by atoms with van der Waals surface area (Å²) in [5.74, 6) is 1.23. The molecule has 24 heavy (non-hydrogen) atoms. The molecule has 3 heterocycles. The zero-order chi connectivity index (χ0) is 16.5. The van der Waals surface area contributed by atoms with Crippen LogP contribution in [0.4, 0.5) is 0 Å². The molecule has 4 nitrogen and oxygen atoms in total. The second kappa shape index (κ2) is 6.40. The number of likely N-dealkylation sites (tertiary alicyclic amines) is 1. The van der Waals surface area contributed by atoms with Crippen LogP contribution in [0.3, 0.4) is 0 Å². The van der Waals surface area contributed by atoms with Crippen molar-refractivity contribution in [2.75, 3.05) is 6.54 Å². The number of carbonyl (C=O) groups excluding carboxylic acids is 1. The maximum atomic E-state index is 12.9. The summed E-state index contributed by atoms with van der Waals surface area (Å²) in [6, 6.07) is 12.3. The van der Waals surface area contributed by atoms with E-state index in [2.05, 4.69) is 17.7 Å². The molecule has 0 radical (unpaired) electrons. The van der Waals surface area contributed by atoms with E-state index in [9.17, 15) is 4.79 Å². The van der Waals surface area contributed by atoms with Gasteiger partial charge in [0.2, 0.25) is 5.91 Å². The van der Waals surface area contributed by atoms with Crippen molar-refractivity contribution in [3.05, 3.63) is 52.5 Å². The molecular weight excluding hydrogens is 318 g/mol. The molecule has 1 amide bonds. The standard InChI is InChI=1S/C19H21N3OS/c1-21-16-9-3-2-8-15(16)20-19(21)17-10-4-5-11-22(17)18(23)13-14-7-6-12-24-14/h2-3,6-9,12,17H,4-5,10-11,13H2,1H3. The van der Waals surface area contributed by atoms with Gasteiger partial charge < -0.3 is 9.47 Å². The molecular formula is C19H21N3OS. The number of aryl methyl sites for hydroxylation is 1. The largest absolute Gasteiger partial charge is 0.332 e. The summed E-state index contributed by atoms with van der Waals surface area (Å²) in [6.45, 7) is 0.831. The summed E-state index contributed by atoms with van der Waals surface area (Å²) < 4.78 is 2.15. The molecule has 3 aromatic rings. The van der Waals surface area contributed by atoms with E-state index in [1.54, 1.807) is 11.3 Å². The first kappa shape index (κ1) is 15.4. The average Bonchev–Trinajstić information content (AvgIpc) is 3.23. The van der Waals surface area contributed by atoms with Crippen molar-refractivity contribution < 1.29 is 4.79 Å². The number of piperidine rings is 1. The highest BCUT2D eigenvalue weighted by Crippen LogP contribution is 2.32. The number of fused-ring (bicyclic) bond motifs is 1. The van der Waals surface area contributed by atoms with Gasteiger partial charge in [-0.1, -0.05) is 18.2 Å². The van der Waals surface area contributed by atoms with Gasteiger partial charge in [-0.2, -0.15) is 0 Å². The Morgan fingerprint density at radius 3 is 2.92 bits per heavy atom. The number of benzene rings is 1. The van der Waals surface area contributed by atoms with Crippen LogP contribution < -0.4 is 0 Å². The molecule has 124 valence electrons. The summed E-state index contributed by atoms with van der Waals surface area (Å²) in [5, 5.41) is 2.03. The van der Waals surface area contributed by atoms with E-state index in [0.717, 1.165) is 47.5 Å². The Morgan fingerprint density at radius 1 is 1.25 bits per heavy atom. The van der Waals surface area contributed by atoms with Crippen LogP contribution in [0, 0.1) is 0 Å². The van der Waals surface area contributed by atoms with Crippen LogP contribution >= 0.6 is 11.3 Å². The van der Waals surface area contributed by atoms with Crippen molar-refractivity contribution in [3.63, 3.8) is 0 Å². The van der Waals surface area contributed by atoms with Crippen LogP contribution in [0.15, 0.2) is 41.8 Å². The summed E-state index contributed by atoms with van der Waals surface area (Å²) in [5.41, 5.74) is 2.13. The number of imidazole rings is 1. The van der Waals surface area contributed by atoms with Crippen LogP contribution in [0.2, 0.25) is 0 Å². The van der Waals surface area contributed by atoms with Gasteiger partial charge in [0.25, 0.3) is 0 Å². The third kappa shape index (κ3) is 2.73. The first-order valence-corrected chi connectivity index (χ1v) is 9.35. The Balaban J connectivity index is 1.65. The molecule has 0 spiro atoms. The average molecular weight is 339 g/mol. The molecule has 0 bridgehead atoms. The third-order valence-electron chi connectivity index (χ3n) is 4.85. The molecule has 2 aromatic heterocycles. The van der Waals surface area contributed by atoms with Crippen LogP contribution in [-0.4, -0.2) is 26.9 Å². The molecule has 1 aliphatic heterocycles. The molecule has 0 N–H and O–H groups in total. The van der Waals surface area contributed by atoms with Crippen molar-refractivity contribution >= 4 is 28.3 Å². The van der Waals surface area contributed by atoms with Crippen LogP contribution in [0.25, 0.3) is 11.0 Å². The van der Waals surface area contributed by atoms with Crippen LogP contribution in [0.5, 0.6) is 0 Å². The maximum Gasteiger partial charge on any atom is 0.228 e. The van der Waals surface area contributed by atoms with Gasteiger partial charge in [0, 0.05) is 18.5 Å². The van der Waals surface area contributed by atoms with Crippen molar-refractivity contribution in [2.45, 2.75) is 31.7 Å². The normalized spacial score (nSPS) is 18.2. The van der Waals surface area contributed by atoms with Crippen LogP contribution in [0.1, 0.15) is 36.0 Å². The quantitative estimate of drug-likeness (QED) is 0.725. The molecule has 1 unspecified atom stereocenters. The lowest BCUT2D eigenvalue weighted by molar-refractivity contribution is -0.134. The van der Waals surface area contributed by atoms with E-state index in [4.69, 9.17) is 4.98 Å². The molecule has 1 aliphatic rings. The number of hydrogen-bond acceptors (Lipinski definition) is 3. The molecule has 0 aliphatic carbocycles. The first-order chi connectivity index (χ1) is 11.7. The number of thiophene rings is 1. The van der Waals surface area contributed by atoms with E-state index in [1.807, 2.05) is 40.6 Å². The fourth-order valence-electron chi connectivity index (χ4n) is 3.62. The summed E-state index contributed by atoms with van der Waals surface area (Å²) in [7, 11) is 2.06. The van der Waals surface area contributed by atoms with Gasteiger partial charge >= 0.3 is 0 Å². The zero-order valence-corrected chi connectivity index (χ0v) is 14.6. The fraction of sp³-hybridized carbons (Fsp3) is 0.368. The van der Waals surface area contributed by atoms with E-state index >= 15 is 0 Å². The van der Waals surface area contributed by atoms with Gasteiger partial charge in [-0.15, -0.1) is 11.3 Å². The zero-order valence-electron chi connectivity index (χ0n) is 13.8. The number of aromatic nitrogens is 2. The predicted molar refractivity (Wildman–Crippen MR) is 97.0 cm³/mol. The lowest BCUT2D eigenvalue weighted by atomic mass is 10.0. The minimum Gasteiger partial charge on any atom is -0.332 e. The lowest BCUT2D eigenvalue weighted by Crippen LogP contribution is -2.40. The predicted octanol–water partition coefficient (Wildman–Crippen LogP) is 3.93. The summed E-state index contributed by atoms with van der Waals surface area (Å²) >= 11 is 1.65. The molecule has 1 atom stereocenters. The number of carbonyl (C=O) groups is 1. The second-order valence-electron chi connectivity index (χ2n) is 6.37. The van der Waals surface area contributed by atoms with E-state index in [1.165, 1.54) is 0 Å². The highest BCUT2D eigenvalue weighted by atomic mass is 32.1. The molecule has 4 rings (SSSR count). The Morgan fingerprint density at radius 2 is 2.12 bits per heavy atom. The maximum absolute atomic E-state index is 12.9. The molecule has 1 aromatic carbocycles. The van der Waals surface area contributed by atoms with Gasteiger partial charge in [0.15, 0.2) is 0 Å². The van der Waals surface area contributed by atoms with Gasteiger partial charge in [0.05, 0.1) is 23.5 Å². The number of amides is 1. The monoisotopic (exact) mass is 339 g/mol. The van der Waals surface area contributed by atoms with Crippen molar-refractivity contribution in [1.29, 1.82) is 0 Å². The Hall–Kier alpha value is -2.14. The smallest absolute Gasteiger partial charge is 0.228 e. The second-order valence-corrected chi connectivity index (χ2v) is 7.40. The van der Waals surface area contributed by atoms with Crippen LogP contribution in [-0.2, 0) is 18.3 Å². The highest BCUT2D eigenvalue weighted by Gasteiger charge is 2.31. The summed E-state index contributed by atoms with van der Waals surface area (Å²) in [6.07, 6.45) is 3.72. The molecule has 0 saturated carbocycles. The SMILES string of the molecule is Cn1c(C2CCCCN2C(=O)Cc2cccs2)nc2ccccc21. The van der Waals surface area contributed by atoms with Crippen molar-refractivity contribution in [2.24, 2.45) is 7.05 Å². The molecule has 1 saturated heterocycles. The van der Waals surface area contributed by atoms with Gasteiger partial charge in [-0.05, 0) is 42.8 Å². The van der Waals surface area contributed by atoms with E-state index in [-0.39, 0.29) is 11.9 Å². The Kier molecular flexibility index (Phi) is 4.10. The minimum atomic E-state index is 0.0867. The highest BCUT2D eigenvalue weighted by molar-refractivity contribution is 7.10. The fourth-order valence-corrected chi connectivity index (χ4v) is 4.32. The van der Waals surface area contributed by atoms with Gasteiger partial charge in [-0.3, -0.25) is 4.79 Å². The van der Waals surface area contributed by atoms with E-state index in [0.29, 0.717) is 6.42 Å². The first-order valence-electron chi connectivity index (χ1n) is 8.47. The third-order valence-corrected chi connectivity index (χ3v) is 5.72. The minimum absolute atomic E-state index is 0.0867. The number of para-hydroxylation sites is 2. The van der Waals surface area contributed by atoms with E-state index < -0.39 is 0 Å². The summed E-state index contributed by atoms with van der Waals surface area (Å²) in [4.78, 5) is 20.9. The Bertz CT molecular complexity index is 853.